The van der Waals surface area contributed by atoms with Crippen LogP contribution in [0.5, 0.6) is 0 Å². The molecule has 4 heteroatoms. The number of carbonyl (C=O) groups excluding carboxylic acids is 1. The number of rotatable bonds is 4. The molecule has 0 aromatic carbocycles. The Hall–Kier alpha value is -0.610. The van der Waals surface area contributed by atoms with E-state index in [1.807, 2.05) is 4.90 Å². The summed E-state index contributed by atoms with van der Waals surface area (Å²) in [5, 5.41) is 3.19. The van der Waals surface area contributed by atoms with E-state index in [0.717, 1.165) is 26.2 Å². The Balaban J connectivity index is 2.39. The molecule has 0 radical (unpaired) electrons. The third kappa shape index (κ3) is 3.46. The molecule has 0 aliphatic carbocycles. The van der Waals surface area contributed by atoms with Crippen LogP contribution in [0.2, 0.25) is 0 Å². The molecule has 0 spiro atoms. The van der Waals surface area contributed by atoms with Gasteiger partial charge in [0.25, 0.3) is 0 Å². The predicted octanol–water partition coefficient (Wildman–Crippen LogP) is 0.537. The van der Waals surface area contributed by atoms with Gasteiger partial charge in [0.1, 0.15) is 0 Å². The maximum Gasteiger partial charge on any atom is 0.223 e. The van der Waals surface area contributed by atoms with Crippen molar-refractivity contribution in [2.75, 3.05) is 33.2 Å². The largest absolute Gasteiger partial charge is 0.340 e. The number of likely N-dealkylation sites (N-methyl/N-ethyl adjacent to an activating group) is 1. The fourth-order valence-electron chi connectivity index (χ4n) is 2.14. The summed E-state index contributed by atoms with van der Waals surface area (Å²) in [5.74, 6) is 0.285. The van der Waals surface area contributed by atoms with Crippen molar-refractivity contribution < 1.29 is 4.79 Å². The fourth-order valence-corrected chi connectivity index (χ4v) is 2.14. The monoisotopic (exact) mass is 227 g/mol. The standard InChI is InChI=1S/C12H25N3O/c1-5-13-7-6-12(16)15-8-10(2)14(4)11(3)9-15/h10-11,13H,5-9H2,1-4H3. The maximum atomic E-state index is 11.9. The number of nitrogens with one attached hydrogen (secondary N) is 1. The van der Waals surface area contributed by atoms with E-state index in [9.17, 15) is 4.79 Å². The highest BCUT2D eigenvalue weighted by atomic mass is 16.2. The van der Waals surface area contributed by atoms with Crippen molar-refractivity contribution in [2.45, 2.75) is 39.3 Å². The van der Waals surface area contributed by atoms with Crippen LogP contribution in [0.1, 0.15) is 27.2 Å². The first-order chi connectivity index (χ1) is 7.56. The van der Waals surface area contributed by atoms with Crippen LogP contribution in [0.3, 0.4) is 0 Å². The quantitative estimate of drug-likeness (QED) is 0.712. The van der Waals surface area contributed by atoms with Gasteiger partial charge in [-0.05, 0) is 27.4 Å². The summed E-state index contributed by atoms with van der Waals surface area (Å²) in [4.78, 5) is 16.3. The lowest BCUT2D eigenvalue weighted by atomic mass is 10.1. The molecule has 1 aliphatic rings. The number of amides is 1. The molecule has 0 aromatic heterocycles. The van der Waals surface area contributed by atoms with E-state index in [2.05, 4.69) is 38.0 Å². The van der Waals surface area contributed by atoms with Gasteiger partial charge in [-0.3, -0.25) is 9.69 Å². The number of hydrogen-bond acceptors (Lipinski definition) is 3. The summed E-state index contributed by atoms with van der Waals surface area (Å²) in [6, 6.07) is 0.929. The zero-order chi connectivity index (χ0) is 12.1. The number of nitrogens with zero attached hydrogens (tertiary/aromatic N) is 2. The van der Waals surface area contributed by atoms with Crippen LogP contribution < -0.4 is 5.32 Å². The second-order valence-corrected chi connectivity index (χ2v) is 4.77. The van der Waals surface area contributed by atoms with Crippen LogP contribution in [0.15, 0.2) is 0 Å². The molecule has 1 heterocycles. The van der Waals surface area contributed by atoms with E-state index in [4.69, 9.17) is 0 Å². The molecule has 2 unspecified atom stereocenters. The summed E-state index contributed by atoms with van der Waals surface area (Å²) in [7, 11) is 2.13. The van der Waals surface area contributed by atoms with Crippen molar-refractivity contribution in [2.24, 2.45) is 0 Å². The van der Waals surface area contributed by atoms with Crippen LogP contribution in [-0.4, -0.2) is 61.0 Å². The minimum atomic E-state index is 0.285. The molecular weight excluding hydrogens is 202 g/mol. The summed E-state index contributed by atoms with van der Waals surface area (Å²) >= 11 is 0. The van der Waals surface area contributed by atoms with Gasteiger partial charge in [-0.15, -0.1) is 0 Å². The van der Waals surface area contributed by atoms with E-state index in [1.165, 1.54) is 0 Å². The Morgan fingerprint density at radius 3 is 2.38 bits per heavy atom. The lowest BCUT2D eigenvalue weighted by molar-refractivity contribution is -0.135. The average Bonchev–Trinajstić information content (AvgIpc) is 2.25. The molecule has 1 fully saturated rings. The van der Waals surface area contributed by atoms with E-state index in [-0.39, 0.29) is 5.91 Å². The molecule has 1 aliphatic heterocycles. The summed E-state index contributed by atoms with van der Waals surface area (Å²) in [6.07, 6.45) is 0.622. The Labute approximate surface area is 99.0 Å². The summed E-state index contributed by atoms with van der Waals surface area (Å²) in [5.41, 5.74) is 0. The molecule has 1 N–H and O–H groups in total. The smallest absolute Gasteiger partial charge is 0.223 e. The molecule has 1 rings (SSSR count). The zero-order valence-corrected chi connectivity index (χ0v) is 11.0. The third-order valence-electron chi connectivity index (χ3n) is 3.48. The normalized spacial score (nSPS) is 27.1. The SMILES string of the molecule is CCNCCC(=O)N1CC(C)N(C)C(C)C1. The van der Waals surface area contributed by atoms with Gasteiger partial charge in [0.15, 0.2) is 0 Å². The van der Waals surface area contributed by atoms with Gasteiger partial charge < -0.3 is 10.2 Å². The summed E-state index contributed by atoms with van der Waals surface area (Å²) in [6.45, 7) is 9.88. The van der Waals surface area contributed by atoms with Crippen molar-refractivity contribution in [1.82, 2.24) is 15.1 Å². The van der Waals surface area contributed by atoms with Gasteiger partial charge in [0, 0.05) is 38.1 Å². The third-order valence-corrected chi connectivity index (χ3v) is 3.48. The van der Waals surface area contributed by atoms with Crippen molar-refractivity contribution in [3.05, 3.63) is 0 Å². The molecule has 94 valence electrons. The molecule has 0 aromatic rings. The highest BCUT2D eigenvalue weighted by molar-refractivity contribution is 5.76. The van der Waals surface area contributed by atoms with E-state index < -0.39 is 0 Å². The number of carbonyl (C=O) groups is 1. The van der Waals surface area contributed by atoms with Gasteiger partial charge in [-0.1, -0.05) is 6.92 Å². The average molecular weight is 227 g/mol. The molecule has 0 bridgehead atoms. The second kappa shape index (κ2) is 6.21. The lowest BCUT2D eigenvalue weighted by Crippen LogP contribution is -2.56. The van der Waals surface area contributed by atoms with Crippen LogP contribution in [-0.2, 0) is 4.79 Å². The van der Waals surface area contributed by atoms with Crippen molar-refractivity contribution in [1.29, 1.82) is 0 Å². The van der Waals surface area contributed by atoms with Gasteiger partial charge >= 0.3 is 0 Å². The van der Waals surface area contributed by atoms with E-state index in [0.29, 0.717) is 18.5 Å². The van der Waals surface area contributed by atoms with Crippen LogP contribution in [0, 0.1) is 0 Å². The Morgan fingerprint density at radius 1 is 1.31 bits per heavy atom. The molecule has 1 amide bonds. The molecule has 0 saturated carbocycles. The Morgan fingerprint density at radius 2 is 1.88 bits per heavy atom. The Bertz CT molecular complexity index is 220. The van der Waals surface area contributed by atoms with E-state index >= 15 is 0 Å². The molecule has 1 saturated heterocycles. The van der Waals surface area contributed by atoms with Crippen molar-refractivity contribution in [3.8, 4) is 0 Å². The molecular formula is C12H25N3O. The molecule has 2 atom stereocenters. The number of piperazine rings is 1. The van der Waals surface area contributed by atoms with Crippen molar-refractivity contribution >= 4 is 5.91 Å². The van der Waals surface area contributed by atoms with Gasteiger partial charge in [0.05, 0.1) is 0 Å². The minimum Gasteiger partial charge on any atom is -0.340 e. The second-order valence-electron chi connectivity index (χ2n) is 4.77. The molecule has 16 heavy (non-hydrogen) atoms. The predicted molar refractivity (Wildman–Crippen MR) is 66.4 cm³/mol. The van der Waals surface area contributed by atoms with Crippen LogP contribution in [0.4, 0.5) is 0 Å². The first kappa shape index (κ1) is 13.5. The highest BCUT2D eigenvalue weighted by Crippen LogP contribution is 2.13. The molecule has 4 nitrogen and oxygen atoms in total. The van der Waals surface area contributed by atoms with Crippen LogP contribution >= 0.6 is 0 Å². The lowest BCUT2D eigenvalue weighted by Gasteiger charge is -2.42. The van der Waals surface area contributed by atoms with Crippen LogP contribution in [0.25, 0.3) is 0 Å². The highest BCUT2D eigenvalue weighted by Gasteiger charge is 2.28. The zero-order valence-electron chi connectivity index (χ0n) is 11.0. The minimum absolute atomic E-state index is 0.285. The summed E-state index contributed by atoms with van der Waals surface area (Å²) < 4.78 is 0. The van der Waals surface area contributed by atoms with Crippen molar-refractivity contribution in [3.63, 3.8) is 0 Å². The first-order valence-electron chi connectivity index (χ1n) is 6.26. The van der Waals surface area contributed by atoms with Gasteiger partial charge in [-0.2, -0.15) is 0 Å². The maximum absolute atomic E-state index is 11.9. The van der Waals surface area contributed by atoms with Gasteiger partial charge in [-0.25, -0.2) is 0 Å². The van der Waals surface area contributed by atoms with E-state index in [1.54, 1.807) is 0 Å². The fraction of sp³-hybridized carbons (Fsp3) is 0.917. The number of hydrogen-bond donors (Lipinski definition) is 1. The first-order valence-corrected chi connectivity index (χ1v) is 6.26. The topological polar surface area (TPSA) is 35.6 Å². The Kier molecular flexibility index (Phi) is 5.22. The van der Waals surface area contributed by atoms with Gasteiger partial charge in [0.2, 0.25) is 5.91 Å².